The Hall–Kier alpha value is -2.13. The van der Waals surface area contributed by atoms with Crippen molar-refractivity contribution in [2.75, 3.05) is 18.4 Å². The molecule has 7 nitrogen and oxygen atoms in total. The number of nitrogens with one attached hydrogen (secondary N) is 1. The Morgan fingerprint density at radius 3 is 2.17 bits per heavy atom. The van der Waals surface area contributed by atoms with Gasteiger partial charge in [0.15, 0.2) is 0 Å². The van der Waals surface area contributed by atoms with Crippen molar-refractivity contribution in [3.05, 3.63) is 57.6 Å². The third-order valence-electron chi connectivity index (χ3n) is 4.58. The zero-order valence-electron chi connectivity index (χ0n) is 15.2. The molecule has 1 amide bonds. The number of aromatic carboxylic acids is 1. The van der Waals surface area contributed by atoms with E-state index in [9.17, 15) is 23.1 Å². The lowest BCUT2D eigenvalue weighted by atomic mass is 10.2. The highest BCUT2D eigenvalue weighted by atomic mass is 35.5. The first kappa shape index (κ1) is 21.6. The molecule has 1 aliphatic rings. The Morgan fingerprint density at radius 2 is 1.59 bits per heavy atom. The van der Waals surface area contributed by atoms with Crippen molar-refractivity contribution in [3.8, 4) is 0 Å². The van der Waals surface area contributed by atoms with Crippen molar-refractivity contribution in [3.63, 3.8) is 0 Å². The van der Waals surface area contributed by atoms with Gasteiger partial charge in [-0.25, -0.2) is 8.42 Å². The molecule has 0 saturated carbocycles. The molecule has 0 bridgehead atoms. The van der Waals surface area contributed by atoms with Crippen LogP contribution in [0.1, 0.15) is 40.0 Å². The smallest absolute Gasteiger partial charge is 0.257 e. The average molecular weight is 456 g/mol. The number of benzene rings is 2. The zero-order chi connectivity index (χ0) is 21.2. The highest BCUT2D eigenvalue weighted by Crippen LogP contribution is 2.32. The predicted octanol–water partition coefficient (Wildman–Crippen LogP) is 2.78. The molecule has 1 N–H and O–H groups in total. The number of carbonyl (C=O) groups is 2. The Morgan fingerprint density at radius 1 is 0.966 bits per heavy atom. The van der Waals surface area contributed by atoms with Gasteiger partial charge >= 0.3 is 0 Å². The Balaban J connectivity index is 1.90. The van der Waals surface area contributed by atoms with Gasteiger partial charge in [0, 0.05) is 18.8 Å². The largest absolute Gasteiger partial charge is 0.545 e. The topological polar surface area (TPSA) is 107 Å². The number of carboxylic acid groups (broad SMARTS) is 1. The molecule has 0 spiro atoms. The van der Waals surface area contributed by atoms with E-state index in [1.807, 2.05) is 0 Å². The minimum atomic E-state index is -3.86. The first-order chi connectivity index (χ1) is 13.7. The van der Waals surface area contributed by atoms with Crippen LogP contribution in [0.2, 0.25) is 10.0 Å². The SMILES string of the molecule is O=C([O-])c1ccc(NC(=O)c2cc(S(=O)(=O)N3CCCCC3)c(Cl)cc2Cl)cc1. The van der Waals surface area contributed by atoms with Crippen molar-refractivity contribution >= 4 is 50.8 Å². The molecule has 1 aliphatic heterocycles. The number of carbonyl (C=O) groups excluding carboxylic acids is 2. The van der Waals surface area contributed by atoms with Gasteiger partial charge in [0.25, 0.3) is 5.91 Å². The minimum absolute atomic E-state index is 0.00329. The van der Waals surface area contributed by atoms with Gasteiger partial charge in [-0.15, -0.1) is 0 Å². The van der Waals surface area contributed by atoms with Gasteiger partial charge in [-0.05, 0) is 42.7 Å². The molecule has 1 saturated heterocycles. The first-order valence-electron chi connectivity index (χ1n) is 8.82. The molecule has 154 valence electrons. The lowest BCUT2D eigenvalue weighted by Gasteiger charge is -2.26. The number of anilines is 1. The Labute approximate surface area is 178 Å². The molecule has 1 fully saturated rings. The third-order valence-corrected chi connectivity index (χ3v) is 7.25. The maximum absolute atomic E-state index is 13.0. The molecule has 0 aromatic heterocycles. The maximum Gasteiger partial charge on any atom is 0.257 e. The van der Waals surface area contributed by atoms with Crippen LogP contribution in [0.3, 0.4) is 0 Å². The summed E-state index contributed by atoms with van der Waals surface area (Å²) in [6.07, 6.45) is 2.49. The number of piperidine rings is 1. The van der Waals surface area contributed by atoms with Crippen LogP contribution in [0.15, 0.2) is 41.3 Å². The van der Waals surface area contributed by atoms with E-state index in [0.717, 1.165) is 19.3 Å². The van der Waals surface area contributed by atoms with Crippen LogP contribution in [-0.4, -0.2) is 37.7 Å². The van der Waals surface area contributed by atoms with Gasteiger partial charge in [0.1, 0.15) is 4.90 Å². The monoisotopic (exact) mass is 455 g/mol. The van der Waals surface area contributed by atoms with E-state index in [0.29, 0.717) is 18.8 Å². The summed E-state index contributed by atoms with van der Waals surface area (Å²) in [6.45, 7) is 0.793. The van der Waals surface area contributed by atoms with Crippen LogP contribution in [0, 0.1) is 0 Å². The van der Waals surface area contributed by atoms with Crippen molar-refractivity contribution in [2.24, 2.45) is 0 Å². The fourth-order valence-corrected chi connectivity index (χ4v) is 5.38. The van der Waals surface area contributed by atoms with Gasteiger partial charge in [-0.1, -0.05) is 41.8 Å². The van der Waals surface area contributed by atoms with E-state index < -0.39 is 21.9 Å². The number of hydrogen-bond donors (Lipinski definition) is 1. The van der Waals surface area contributed by atoms with Gasteiger partial charge in [0.2, 0.25) is 10.0 Å². The summed E-state index contributed by atoms with van der Waals surface area (Å²) < 4.78 is 27.3. The number of carboxylic acids is 1. The molecule has 0 atom stereocenters. The van der Waals surface area contributed by atoms with Crippen molar-refractivity contribution in [2.45, 2.75) is 24.2 Å². The van der Waals surface area contributed by atoms with E-state index in [4.69, 9.17) is 23.2 Å². The maximum atomic E-state index is 13.0. The molecule has 0 unspecified atom stereocenters. The normalized spacial score (nSPS) is 15.1. The molecule has 3 rings (SSSR count). The van der Waals surface area contributed by atoms with Crippen LogP contribution in [0.5, 0.6) is 0 Å². The molecule has 0 aliphatic carbocycles. The van der Waals surface area contributed by atoms with Crippen molar-refractivity contribution < 1.29 is 23.1 Å². The van der Waals surface area contributed by atoms with E-state index in [2.05, 4.69) is 5.32 Å². The van der Waals surface area contributed by atoms with Gasteiger partial charge in [-0.2, -0.15) is 4.31 Å². The van der Waals surface area contributed by atoms with Crippen LogP contribution < -0.4 is 10.4 Å². The second kappa shape index (κ2) is 8.71. The van der Waals surface area contributed by atoms with E-state index in [-0.39, 0.29) is 26.1 Å². The number of amides is 1. The standard InChI is InChI=1S/C19H18Cl2N2O5S/c20-15-11-16(21)17(29(27,28)23-8-2-1-3-9-23)10-14(15)18(24)22-13-6-4-12(5-7-13)19(25)26/h4-7,10-11H,1-3,8-9H2,(H,22,24)(H,25,26)/p-1. The summed E-state index contributed by atoms with van der Waals surface area (Å²) >= 11 is 12.3. The zero-order valence-corrected chi connectivity index (χ0v) is 17.5. The summed E-state index contributed by atoms with van der Waals surface area (Å²) in [5, 5.41) is 13.3. The molecule has 10 heteroatoms. The lowest BCUT2D eigenvalue weighted by molar-refractivity contribution is -0.255. The van der Waals surface area contributed by atoms with Crippen LogP contribution in [0.4, 0.5) is 5.69 Å². The predicted molar refractivity (Wildman–Crippen MR) is 108 cm³/mol. The third kappa shape index (κ3) is 4.72. The highest BCUT2D eigenvalue weighted by molar-refractivity contribution is 7.89. The second-order valence-electron chi connectivity index (χ2n) is 6.55. The van der Waals surface area contributed by atoms with Gasteiger partial charge < -0.3 is 15.2 Å². The number of sulfonamides is 1. The summed E-state index contributed by atoms with van der Waals surface area (Å²) in [5.74, 6) is -1.99. The Bertz CT molecular complexity index is 1050. The van der Waals surface area contributed by atoms with Gasteiger partial charge in [-0.3, -0.25) is 4.79 Å². The number of rotatable bonds is 5. The van der Waals surface area contributed by atoms with E-state index in [1.165, 1.54) is 40.7 Å². The molecule has 29 heavy (non-hydrogen) atoms. The highest BCUT2D eigenvalue weighted by Gasteiger charge is 2.29. The molecule has 2 aromatic rings. The van der Waals surface area contributed by atoms with E-state index in [1.54, 1.807) is 0 Å². The lowest BCUT2D eigenvalue weighted by Crippen LogP contribution is -2.35. The molecular formula is C19H17Cl2N2O5S-. The Kier molecular flexibility index (Phi) is 6.48. The second-order valence-corrected chi connectivity index (χ2v) is 9.27. The summed E-state index contributed by atoms with van der Waals surface area (Å²) in [6, 6.07) is 7.73. The summed E-state index contributed by atoms with van der Waals surface area (Å²) in [5.41, 5.74) is 0.213. The quantitative estimate of drug-likeness (QED) is 0.745. The van der Waals surface area contributed by atoms with Crippen LogP contribution >= 0.6 is 23.2 Å². The molecular weight excluding hydrogens is 439 g/mol. The minimum Gasteiger partial charge on any atom is -0.545 e. The van der Waals surface area contributed by atoms with Crippen LogP contribution in [0.25, 0.3) is 0 Å². The molecule has 2 aromatic carbocycles. The van der Waals surface area contributed by atoms with Crippen molar-refractivity contribution in [1.82, 2.24) is 4.31 Å². The van der Waals surface area contributed by atoms with Crippen molar-refractivity contribution in [1.29, 1.82) is 0 Å². The summed E-state index contributed by atoms with van der Waals surface area (Å²) in [4.78, 5) is 23.3. The molecule has 1 heterocycles. The molecule has 0 radical (unpaired) electrons. The fourth-order valence-electron chi connectivity index (χ4n) is 3.03. The summed E-state index contributed by atoms with van der Waals surface area (Å²) in [7, 11) is -3.86. The number of halogens is 2. The van der Waals surface area contributed by atoms with E-state index >= 15 is 0 Å². The number of hydrogen-bond acceptors (Lipinski definition) is 5. The first-order valence-corrected chi connectivity index (χ1v) is 11.0. The van der Waals surface area contributed by atoms with Gasteiger partial charge in [0.05, 0.1) is 21.6 Å². The average Bonchev–Trinajstić information content (AvgIpc) is 2.68. The fraction of sp³-hybridized carbons (Fsp3) is 0.263. The number of nitrogens with zero attached hydrogens (tertiary/aromatic N) is 1. The van der Waals surface area contributed by atoms with Crippen LogP contribution in [-0.2, 0) is 10.0 Å².